The Balaban J connectivity index is 2.20. The van der Waals surface area contributed by atoms with Crippen molar-refractivity contribution < 1.29 is 17.9 Å². The van der Waals surface area contributed by atoms with Gasteiger partial charge in [-0.3, -0.25) is 0 Å². The number of ether oxygens (including phenoxy) is 2. The average molecular weight is 364 g/mol. The molecule has 1 unspecified atom stereocenters. The van der Waals surface area contributed by atoms with Crippen LogP contribution in [0.5, 0.6) is 5.75 Å². The van der Waals surface area contributed by atoms with Crippen molar-refractivity contribution in [2.75, 3.05) is 20.3 Å². The first-order valence-electron chi connectivity index (χ1n) is 6.33. The van der Waals surface area contributed by atoms with Gasteiger partial charge in [-0.25, -0.2) is 13.1 Å². The van der Waals surface area contributed by atoms with Crippen LogP contribution in [0.1, 0.15) is 19.8 Å². The molecule has 1 atom stereocenters. The maximum Gasteiger partial charge on any atom is 0.244 e. The van der Waals surface area contributed by atoms with Crippen LogP contribution in [0.25, 0.3) is 0 Å². The highest BCUT2D eigenvalue weighted by Crippen LogP contribution is 2.28. The fourth-order valence-electron chi connectivity index (χ4n) is 2.16. The van der Waals surface area contributed by atoms with Crippen molar-refractivity contribution >= 4 is 26.0 Å². The van der Waals surface area contributed by atoms with Gasteiger partial charge in [-0.2, -0.15) is 0 Å². The molecule has 20 heavy (non-hydrogen) atoms. The van der Waals surface area contributed by atoms with Crippen LogP contribution in [0.2, 0.25) is 0 Å². The summed E-state index contributed by atoms with van der Waals surface area (Å²) in [5.41, 5.74) is -0.424. The van der Waals surface area contributed by atoms with Gasteiger partial charge in [-0.15, -0.1) is 0 Å². The Morgan fingerprint density at radius 1 is 1.50 bits per heavy atom. The van der Waals surface area contributed by atoms with Gasteiger partial charge in [0.05, 0.1) is 12.7 Å². The summed E-state index contributed by atoms with van der Waals surface area (Å²) in [4.78, 5) is 0.121. The molecule has 1 aromatic rings. The van der Waals surface area contributed by atoms with E-state index in [1.165, 1.54) is 13.2 Å². The fraction of sp³-hybridized carbons (Fsp3) is 0.538. The van der Waals surface area contributed by atoms with Crippen molar-refractivity contribution in [3.63, 3.8) is 0 Å². The molecule has 0 radical (unpaired) electrons. The molecule has 0 spiro atoms. The summed E-state index contributed by atoms with van der Waals surface area (Å²) in [5.74, 6) is 0.318. The van der Waals surface area contributed by atoms with Gasteiger partial charge >= 0.3 is 0 Å². The highest BCUT2D eigenvalue weighted by molar-refractivity contribution is 9.10. The summed E-state index contributed by atoms with van der Waals surface area (Å²) in [6.07, 6.45) is 1.81. The Morgan fingerprint density at radius 2 is 2.25 bits per heavy atom. The molecule has 1 N–H and O–H groups in total. The topological polar surface area (TPSA) is 64.6 Å². The minimum atomic E-state index is -3.64. The monoisotopic (exact) mass is 363 g/mol. The molecule has 0 aromatic heterocycles. The number of sulfonamides is 1. The van der Waals surface area contributed by atoms with Gasteiger partial charge in [0, 0.05) is 17.6 Å². The minimum absolute atomic E-state index is 0.121. The highest BCUT2D eigenvalue weighted by Gasteiger charge is 2.32. The van der Waals surface area contributed by atoms with Crippen LogP contribution in [0.15, 0.2) is 27.6 Å². The summed E-state index contributed by atoms with van der Waals surface area (Å²) in [6.45, 7) is 2.85. The average Bonchev–Trinajstić information content (AvgIpc) is 2.84. The van der Waals surface area contributed by atoms with E-state index in [2.05, 4.69) is 20.7 Å². The molecule has 1 aliphatic heterocycles. The lowest BCUT2D eigenvalue weighted by atomic mass is 10.0. The van der Waals surface area contributed by atoms with Crippen LogP contribution >= 0.6 is 15.9 Å². The number of rotatable bonds is 5. The zero-order chi connectivity index (χ0) is 14.8. The molecule has 1 saturated heterocycles. The number of benzene rings is 1. The molecule has 7 heteroatoms. The third-order valence-corrected chi connectivity index (χ3v) is 5.27. The van der Waals surface area contributed by atoms with E-state index in [4.69, 9.17) is 9.47 Å². The summed E-state index contributed by atoms with van der Waals surface area (Å²) in [7, 11) is -2.19. The summed E-state index contributed by atoms with van der Waals surface area (Å²) >= 11 is 3.27. The van der Waals surface area contributed by atoms with Crippen LogP contribution in [-0.2, 0) is 14.8 Å². The Kier molecular flexibility index (Phi) is 4.73. The molecular formula is C13H18BrNO4S. The Labute approximate surface area is 127 Å². The molecular weight excluding hydrogens is 346 g/mol. The number of nitrogens with one attached hydrogen (secondary N) is 1. The van der Waals surface area contributed by atoms with Gasteiger partial charge in [0.2, 0.25) is 10.0 Å². The van der Waals surface area contributed by atoms with E-state index in [9.17, 15) is 8.42 Å². The lowest BCUT2D eigenvalue weighted by Gasteiger charge is -2.23. The van der Waals surface area contributed by atoms with E-state index < -0.39 is 15.6 Å². The van der Waals surface area contributed by atoms with Crippen LogP contribution in [-0.4, -0.2) is 34.3 Å². The first-order chi connectivity index (χ1) is 9.36. The zero-order valence-corrected chi connectivity index (χ0v) is 13.9. The van der Waals surface area contributed by atoms with E-state index >= 15 is 0 Å². The fourth-order valence-corrected chi connectivity index (χ4v) is 4.02. The van der Waals surface area contributed by atoms with Gasteiger partial charge in [-0.1, -0.05) is 15.9 Å². The second kappa shape index (κ2) is 6.01. The van der Waals surface area contributed by atoms with Crippen molar-refractivity contribution in [1.29, 1.82) is 0 Å². The van der Waals surface area contributed by atoms with E-state index in [1.807, 2.05) is 6.92 Å². The SMILES string of the molecule is COc1ccc(Br)cc1S(=O)(=O)NCC1(C)CCCO1. The quantitative estimate of drug-likeness (QED) is 0.871. The molecule has 1 heterocycles. The summed E-state index contributed by atoms with van der Waals surface area (Å²) in [5, 5.41) is 0. The second-order valence-electron chi connectivity index (χ2n) is 5.02. The highest BCUT2D eigenvalue weighted by atomic mass is 79.9. The summed E-state index contributed by atoms with van der Waals surface area (Å²) < 4.78 is 38.8. The van der Waals surface area contributed by atoms with Crippen LogP contribution < -0.4 is 9.46 Å². The molecule has 0 saturated carbocycles. The molecule has 0 bridgehead atoms. The van der Waals surface area contributed by atoms with Gasteiger partial charge in [0.25, 0.3) is 0 Å². The number of methoxy groups -OCH3 is 1. The van der Waals surface area contributed by atoms with E-state index in [-0.39, 0.29) is 11.4 Å². The van der Waals surface area contributed by atoms with E-state index in [0.29, 0.717) is 16.8 Å². The first-order valence-corrected chi connectivity index (χ1v) is 8.61. The van der Waals surface area contributed by atoms with E-state index in [1.54, 1.807) is 12.1 Å². The van der Waals surface area contributed by atoms with Crippen molar-refractivity contribution in [3.8, 4) is 5.75 Å². The van der Waals surface area contributed by atoms with Gasteiger partial charge in [0.15, 0.2) is 0 Å². The minimum Gasteiger partial charge on any atom is -0.495 e. The molecule has 1 aromatic carbocycles. The Bertz CT molecular complexity index is 582. The van der Waals surface area contributed by atoms with Gasteiger partial charge in [0.1, 0.15) is 10.6 Å². The molecule has 0 aliphatic carbocycles. The van der Waals surface area contributed by atoms with Crippen LogP contribution in [0.4, 0.5) is 0 Å². The Morgan fingerprint density at radius 3 is 2.85 bits per heavy atom. The van der Waals surface area contributed by atoms with Crippen LogP contribution in [0, 0.1) is 0 Å². The number of hydrogen-bond acceptors (Lipinski definition) is 4. The Hall–Kier alpha value is -0.630. The molecule has 5 nitrogen and oxygen atoms in total. The molecule has 112 valence electrons. The summed E-state index contributed by atoms with van der Waals surface area (Å²) in [6, 6.07) is 4.88. The van der Waals surface area contributed by atoms with Gasteiger partial charge in [-0.05, 0) is 38.0 Å². The van der Waals surface area contributed by atoms with E-state index in [0.717, 1.165) is 12.8 Å². The maximum absolute atomic E-state index is 12.4. The molecule has 2 rings (SSSR count). The zero-order valence-electron chi connectivity index (χ0n) is 11.5. The largest absolute Gasteiger partial charge is 0.495 e. The van der Waals surface area contributed by atoms with Crippen molar-refractivity contribution in [1.82, 2.24) is 4.72 Å². The molecule has 0 amide bonds. The molecule has 1 fully saturated rings. The third kappa shape index (κ3) is 3.52. The lowest BCUT2D eigenvalue weighted by Crippen LogP contribution is -2.40. The van der Waals surface area contributed by atoms with Crippen molar-refractivity contribution in [2.24, 2.45) is 0 Å². The second-order valence-corrected chi connectivity index (χ2v) is 7.67. The number of halogens is 1. The predicted molar refractivity (Wildman–Crippen MR) is 79.5 cm³/mol. The first kappa shape index (κ1) is 15.8. The van der Waals surface area contributed by atoms with Crippen molar-refractivity contribution in [3.05, 3.63) is 22.7 Å². The third-order valence-electron chi connectivity index (χ3n) is 3.35. The predicted octanol–water partition coefficient (Wildman–Crippen LogP) is 2.31. The van der Waals surface area contributed by atoms with Gasteiger partial charge < -0.3 is 9.47 Å². The van der Waals surface area contributed by atoms with Crippen LogP contribution in [0.3, 0.4) is 0 Å². The lowest BCUT2D eigenvalue weighted by molar-refractivity contribution is 0.0250. The van der Waals surface area contributed by atoms with Crippen molar-refractivity contribution in [2.45, 2.75) is 30.3 Å². The normalized spacial score (nSPS) is 22.9. The maximum atomic E-state index is 12.4. The smallest absolute Gasteiger partial charge is 0.244 e. The molecule has 1 aliphatic rings. The standard InChI is InChI=1S/C13H18BrNO4S/c1-13(6-3-7-19-13)9-15-20(16,17)12-8-10(14)4-5-11(12)18-2/h4-5,8,15H,3,6-7,9H2,1-2H3. The number of hydrogen-bond donors (Lipinski definition) is 1.